The van der Waals surface area contributed by atoms with Gasteiger partial charge in [-0.05, 0) is 41.2 Å². The molecule has 1 aromatic carbocycles. The molecule has 1 unspecified atom stereocenters. The van der Waals surface area contributed by atoms with Crippen molar-refractivity contribution < 1.29 is 4.79 Å². The van der Waals surface area contributed by atoms with Gasteiger partial charge in [-0.2, -0.15) is 0 Å². The molecular weight excluding hydrogens is 372 g/mol. The zero-order chi connectivity index (χ0) is 20.6. The Kier molecular flexibility index (Phi) is 6.39. The summed E-state index contributed by atoms with van der Waals surface area (Å²) in [6.07, 6.45) is 7.56. The van der Waals surface area contributed by atoms with E-state index in [4.69, 9.17) is 18.0 Å². The maximum absolute atomic E-state index is 13.1. The van der Waals surface area contributed by atoms with E-state index >= 15 is 0 Å². The molecule has 0 saturated carbocycles. The number of urea groups is 1. The Hall–Kier alpha value is -1.44. The molecule has 5 heteroatoms. The number of terminal acetylenes is 1. The first-order valence-electron chi connectivity index (χ1n) is 9.98. The van der Waals surface area contributed by atoms with E-state index in [1.807, 2.05) is 18.2 Å². The predicted octanol–water partition coefficient (Wildman–Crippen LogP) is 6.67. The summed E-state index contributed by atoms with van der Waals surface area (Å²) in [6, 6.07) is 8.11. The number of nitrogens with one attached hydrogen (secondary N) is 1. The van der Waals surface area contributed by atoms with Crippen LogP contribution >= 0.6 is 11.6 Å². The highest BCUT2D eigenvalue weighted by Gasteiger charge is 2.62. The van der Waals surface area contributed by atoms with Crippen molar-refractivity contribution >= 4 is 31.4 Å². The zero-order valence-corrected chi connectivity index (χ0v) is 19.4. The van der Waals surface area contributed by atoms with Crippen LogP contribution in [0.1, 0.15) is 66.9 Å². The molecule has 148 valence electrons. The van der Waals surface area contributed by atoms with Gasteiger partial charge in [0.1, 0.15) is 0 Å². The van der Waals surface area contributed by atoms with Gasteiger partial charge in [0.05, 0.1) is 18.9 Å². The molecule has 0 fully saturated rings. The molecule has 0 radical (unpaired) electrons. The van der Waals surface area contributed by atoms with Crippen LogP contribution in [0.2, 0.25) is 21.6 Å². The van der Waals surface area contributed by atoms with Gasteiger partial charge < -0.3 is 5.32 Å². The second-order valence-corrected chi connectivity index (χ2v) is 15.2. The third kappa shape index (κ3) is 3.09. The van der Waals surface area contributed by atoms with Gasteiger partial charge >= 0.3 is 6.03 Å². The standard InChI is InChI=1S/C22H33ClN2OSi/c1-9-13-22(27(15(3)4,16(5)6)17(7)8)19-14-18(23)11-12-20(19)25(10-2)21(26)24-22/h2,11-12,14-17H,9,13H2,1,3-8H3,(H,24,26). The molecule has 1 atom stereocenters. The second kappa shape index (κ2) is 7.89. The lowest BCUT2D eigenvalue weighted by atomic mass is 9.96. The Balaban J connectivity index is 2.99. The summed E-state index contributed by atoms with van der Waals surface area (Å²) >= 11 is 6.45. The minimum Gasteiger partial charge on any atom is -0.330 e. The van der Waals surface area contributed by atoms with Gasteiger partial charge in [0.2, 0.25) is 0 Å². The lowest BCUT2D eigenvalue weighted by molar-refractivity contribution is 0.236. The van der Waals surface area contributed by atoms with Crippen molar-refractivity contribution in [3.8, 4) is 12.5 Å². The van der Waals surface area contributed by atoms with Crippen LogP contribution in [0.25, 0.3) is 0 Å². The first-order valence-corrected chi connectivity index (χ1v) is 12.6. The molecule has 0 saturated heterocycles. The number of fused-ring (bicyclic) bond motifs is 1. The maximum atomic E-state index is 13.1. The largest absolute Gasteiger partial charge is 0.334 e. The molecule has 27 heavy (non-hydrogen) atoms. The summed E-state index contributed by atoms with van der Waals surface area (Å²) in [5.74, 6) is 0. The van der Waals surface area contributed by atoms with Gasteiger partial charge in [-0.1, -0.05) is 72.9 Å². The van der Waals surface area contributed by atoms with Crippen LogP contribution in [-0.2, 0) is 5.16 Å². The molecular formula is C22H33ClN2OSi. The van der Waals surface area contributed by atoms with Gasteiger partial charge in [-0.25, -0.2) is 9.69 Å². The first kappa shape index (κ1) is 21.9. The zero-order valence-electron chi connectivity index (χ0n) is 17.7. The SMILES string of the molecule is C#CN1C(=O)NC(CCC)([Si](C(C)C)(C(C)C)C(C)C)c2cc(Cl)ccc21. The Morgan fingerprint density at radius 3 is 2.19 bits per heavy atom. The van der Waals surface area contributed by atoms with E-state index in [-0.39, 0.29) is 6.03 Å². The van der Waals surface area contributed by atoms with Crippen LogP contribution in [-0.4, -0.2) is 14.1 Å². The average Bonchev–Trinajstić information content (AvgIpc) is 2.55. The van der Waals surface area contributed by atoms with Crippen molar-refractivity contribution in [1.29, 1.82) is 0 Å². The van der Waals surface area contributed by atoms with Crippen LogP contribution in [0.15, 0.2) is 18.2 Å². The van der Waals surface area contributed by atoms with Crippen LogP contribution in [0.4, 0.5) is 10.5 Å². The van der Waals surface area contributed by atoms with E-state index in [1.165, 1.54) is 4.90 Å². The van der Waals surface area contributed by atoms with Crippen LogP contribution in [0, 0.1) is 12.5 Å². The number of hydrogen-bond acceptors (Lipinski definition) is 1. The highest BCUT2D eigenvalue weighted by atomic mass is 35.5. The Bertz CT molecular complexity index is 731. The van der Waals surface area contributed by atoms with Gasteiger partial charge in [0.25, 0.3) is 0 Å². The highest BCUT2D eigenvalue weighted by molar-refractivity contribution is 6.86. The Morgan fingerprint density at radius 1 is 1.19 bits per heavy atom. The molecule has 1 aliphatic rings. The van der Waals surface area contributed by atoms with E-state index in [0.717, 1.165) is 24.1 Å². The molecule has 2 amide bonds. The molecule has 1 N–H and O–H groups in total. The minimum atomic E-state index is -2.14. The van der Waals surface area contributed by atoms with Crippen molar-refractivity contribution in [2.45, 2.75) is 83.1 Å². The molecule has 2 rings (SSSR count). The van der Waals surface area contributed by atoms with E-state index < -0.39 is 13.2 Å². The monoisotopic (exact) mass is 404 g/mol. The number of halogens is 1. The lowest BCUT2D eigenvalue weighted by Crippen LogP contribution is -2.72. The number of carbonyl (C=O) groups excluding carboxylic acids is 1. The highest BCUT2D eigenvalue weighted by Crippen LogP contribution is 2.57. The number of benzene rings is 1. The predicted molar refractivity (Wildman–Crippen MR) is 119 cm³/mol. The number of rotatable bonds is 6. The van der Waals surface area contributed by atoms with E-state index in [1.54, 1.807) is 0 Å². The first-order chi connectivity index (χ1) is 12.6. The molecule has 0 bridgehead atoms. The van der Waals surface area contributed by atoms with Crippen molar-refractivity contribution in [3.05, 3.63) is 28.8 Å². The Labute approximate surface area is 170 Å². The summed E-state index contributed by atoms with van der Waals surface area (Å²) in [5, 5.41) is 3.73. The van der Waals surface area contributed by atoms with Gasteiger partial charge in [-0.15, -0.1) is 0 Å². The molecule has 0 aliphatic carbocycles. The van der Waals surface area contributed by atoms with E-state index in [2.05, 4.69) is 59.8 Å². The number of anilines is 1. The topological polar surface area (TPSA) is 32.3 Å². The molecule has 1 aliphatic heterocycles. The summed E-state index contributed by atoms with van der Waals surface area (Å²) in [5.41, 5.74) is 3.34. The molecule has 1 heterocycles. The number of hydrogen-bond donors (Lipinski definition) is 1. The quantitative estimate of drug-likeness (QED) is 0.416. The summed E-state index contributed by atoms with van der Waals surface area (Å²) in [6.45, 7) is 16.1. The van der Waals surface area contributed by atoms with Gasteiger partial charge in [-0.3, -0.25) is 0 Å². The normalized spacial score (nSPS) is 20.1. The Morgan fingerprint density at radius 2 is 1.74 bits per heavy atom. The summed E-state index contributed by atoms with van der Waals surface area (Å²) < 4.78 is 0. The van der Waals surface area contributed by atoms with Crippen LogP contribution in [0.3, 0.4) is 0 Å². The fourth-order valence-electron chi connectivity index (χ4n) is 6.20. The minimum absolute atomic E-state index is 0.195. The summed E-state index contributed by atoms with van der Waals surface area (Å²) in [4.78, 5) is 14.5. The van der Waals surface area contributed by atoms with Crippen molar-refractivity contribution in [2.24, 2.45) is 0 Å². The third-order valence-electron chi connectivity index (χ3n) is 6.54. The molecule has 1 aromatic rings. The summed E-state index contributed by atoms with van der Waals surface area (Å²) in [7, 11) is -2.14. The van der Waals surface area contributed by atoms with Crippen LogP contribution in [0.5, 0.6) is 0 Å². The smallest absolute Gasteiger partial charge is 0.330 e. The van der Waals surface area contributed by atoms with Gasteiger partial charge in [0, 0.05) is 16.6 Å². The molecule has 3 nitrogen and oxygen atoms in total. The number of carbonyl (C=O) groups is 1. The van der Waals surface area contributed by atoms with E-state index in [9.17, 15) is 4.79 Å². The number of amides is 2. The maximum Gasteiger partial charge on any atom is 0.334 e. The van der Waals surface area contributed by atoms with Gasteiger partial charge in [0.15, 0.2) is 0 Å². The van der Waals surface area contributed by atoms with Crippen molar-refractivity contribution in [3.63, 3.8) is 0 Å². The molecule has 0 spiro atoms. The number of nitrogens with zero attached hydrogens (tertiary/aromatic N) is 1. The lowest BCUT2D eigenvalue weighted by Gasteiger charge is -2.59. The third-order valence-corrected chi connectivity index (χ3v) is 14.6. The van der Waals surface area contributed by atoms with E-state index in [0.29, 0.717) is 21.6 Å². The van der Waals surface area contributed by atoms with Crippen molar-refractivity contribution in [2.75, 3.05) is 4.90 Å². The fraction of sp³-hybridized carbons (Fsp3) is 0.591. The van der Waals surface area contributed by atoms with Crippen molar-refractivity contribution in [1.82, 2.24) is 5.32 Å². The second-order valence-electron chi connectivity index (χ2n) is 8.61. The van der Waals surface area contributed by atoms with Crippen LogP contribution < -0.4 is 10.2 Å². The average molecular weight is 405 g/mol. The molecule has 0 aromatic heterocycles. The fourth-order valence-corrected chi connectivity index (χ4v) is 15.0.